The predicted molar refractivity (Wildman–Crippen MR) is 175 cm³/mol. The van der Waals surface area contributed by atoms with E-state index in [0.717, 1.165) is 31.8 Å². The third-order valence-electron chi connectivity index (χ3n) is 10.5. The second-order valence-corrected chi connectivity index (χ2v) is 14.8. The molecular formula is C37H44N2O11. The van der Waals surface area contributed by atoms with Crippen LogP contribution in [0.5, 0.6) is 0 Å². The van der Waals surface area contributed by atoms with E-state index in [1.807, 2.05) is 0 Å². The van der Waals surface area contributed by atoms with E-state index in [4.69, 9.17) is 23.7 Å². The summed E-state index contributed by atoms with van der Waals surface area (Å²) in [6.45, 7) is 3.98. The highest BCUT2D eigenvalue weighted by Crippen LogP contribution is 2.59. The number of aliphatic hydroxyl groups is 1. The Kier molecular flexibility index (Phi) is 9.33. The topological polar surface area (TPSA) is 167 Å². The van der Waals surface area contributed by atoms with Gasteiger partial charge in [-0.05, 0) is 62.3 Å². The van der Waals surface area contributed by atoms with Gasteiger partial charge in [0.1, 0.15) is 31.0 Å². The molecule has 1 aromatic carbocycles. The Labute approximate surface area is 290 Å². The molecular weight excluding hydrogens is 648 g/mol. The Morgan fingerprint density at radius 2 is 1.78 bits per heavy atom. The van der Waals surface area contributed by atoms with E-state index < -0.39 is 59.6 Å². The smallest absolute Gasteiger partial charge is 0.348 e. The number of fused-ring (bicyclic) bond motifs is 1. The van der Waals surface area contributed by atoms with E-state index >= 15 is 0 Å². The molecule has 3 heterocycles. The standard InChI is InChI=1S/C37H44N2O11/c1-36(2)20-46-35(45)31(36)48-29(41)14-9-21-6-3-4-7-25(21)34(44)47-27-18-22(33(43)39-16-5-8-26(39)32(42)38-15-17-40)19-28-30(27)50-37(49-28,23-10-11-23)24-12-13-24/h3-4,6-7,9,14,19,23-24,26-28,30-31,40H,5,8,10-13,15-18,20H2,1-2H3,(H,38,42). The van der Waals surface area contributed by atoms with Crippen LogP contribution >= 0.6 is 0 Å². The van der Waals surface area contributed by atoms with Gasteiger partial charge in [0, 0.05) is 48.4 Å². The maximum absolute atomic E-state index is 14.0. The van der Waals surface area contributed by atoms with Crippen molar-refractivity contribution in [3.63, 3.8) is 0 Å². The number of amides is 2. The van der Waals surface area contributed by atoms with Crippen molar-refractivity contribution in [1.29, 1.82) is 0 Å². The van der Waals surface area contributed by atoms with E-state index in [2.05, 4.69) is 5.32 Å². The van der Waals surface area contributed by atoms with Gasteiger partial charge in [-0.2, -0.15) is 0 Å². The molecule has 1 aromatic rings. The fourth-order valence-corrected chi connectivity index (χ4v) is 7.60. The fourth-order valence-electron chi connectivity index (χ4n) is 7.60. The number of ether oxygens (including phenoxy) is 5. The molecule has 268 valence electrons. The first-order valence-electron chi connectivity index (χ1n) is 17.6. The zero-order valence-electron chi connectivity index (χ0n) is 28.3. The number of hydrogen-bond donors (Lipinski definition) is 2. The number of carbonyl (C=O) groups excluding carboxylic acids is 5. The fraction of sp³-hybridized carbons (Fsp3) is 0.595. The number of hydrogen-bond acceptors (Lipinski definition) is 11. The van der Waals surface area contributed by atoms with Crippen molar-refractivity contribution in [1.82, 2.24) is 10.2 Å². The summed E-state index contributed by atoms with van der Waals surface area (Å²) in [5.74, 6) is -2.96. The first-order chi connectivity index (χ1) is 24.0. The van der Waals surface area contributed by atoms with Crippen LogP contribution in [-0.2, 0) is 42.9 Å². The van der Waals surface area contributed by atoms with Crippen molar-refractivity contribution in [3.8, 4) is 0 Å². The second-order valence-electron chi connectivity index (χ2n) is 14.8. The van der Waals surface area contributed by atoms with Crippen molar-refractivity contribution >= 4 is 35.8 Å². The van der Waals surface area contributed by atoms with E-state index in [9.17, 15) is 29.1 Å². The Bertz CT molecular complexity index is 1600. The minimum atomic E-state index is -1.04. The van der Waals surface area contributed by atoms with E-state index in [1.165, 1.54) is 6.08 Å². The number of nitrogens with zero attached hydrogens (tertiary/aromatic N) is 1. The average Bonchev–Trinajstić information content (AvgIpc) is 4.04. The molecule has 3 aliphatic heterocycles. The van der Waals surface area contributed by atoms with Crippen LogP contribution in [0.2, 0.25) is 0 Å². The van der Waals surface area contributed by atoms with Crippen LogP contribution in [0.3, 0.4) is 0 Å². The monoisotopic (exact) mass is 692 g/mol. The van der Waals surface area contributed by atoms with Crippen LogP contribution in [0.15, 0.2) is 42.0 Å². The highest BCUT2D eigenvalue weighted by Gasteiger charge is 2.64. The molecule has 5 unspecified atom stereocenters. The van der Waals surface area contributed by atoms with Gasteiger partial charge in [-0.25, -0.2) is 14.4 Å². The summed E-state index contributed by atoms with van der Waals surface area (Å²) in [4.78, 5) is 67.1. The minimum absolute atomic E-state index is 0.0690. The van der Waals surface area contributed by atoms with Crippen LogP contribution in [-0.4, -0.2) is 102 Å². The van der Waals surface area contributed by atoms with E-state index in [0.29, 0.717) is 30.5 Å². The van der Waals surface area contributed by atoms with Gasteiger partial charge in [-0.1, -0.05) is 32.0 Å². The molecule has 2 N–H and O–H groups in total. The summed E-state index contributed by atoms with van der Waals surface area (Å²) in [6, 6.07) is 5.96. The lowest BCUT2D eigenvalue weighted by Gasteiger charge is -2.33. The Morgan fingerprint density at radius 1 is 1.04 bits per heavy atom. The summed E-state index contributed by atoms with van der Waals surface area (Å²) in [5.41, 5.74) is 0.302. The van der Waals surface area contributed by atoms with E-state index in [1.54, 1.807) is 49.1 Å². The van der Waals surface area contributed by atoms with Gasteiger partial charge in [0.2, 0.25) is 17.9 Å². The van der Waals surface area contributed by atoms with Crippen LogP contribution in [0.1, 0.15) is 74.7 Å². The van der Waals surface area contributed by atoms with Crippen LogP contribution in [0, 0.1) is 17.3 Å². The lowest BCUT2D eigenvalue weighted by molar-refractivity contribution is -0.209. The summed E-state index contributed by atoms with van der Waals surface area (Å²) < 4.78 is 30.0. The predicted octanol–water partition coefficient (Wildman–Crippen LogP) is 2.45. The maximum atomic E-state index is 14.0. The number of cyclic esters (lactones) is 1. The molecule has 3 aliphatic carbocycles. The molecule has 2 amide bonds. The number of rotatable bonds is 11. The molecule has 13 heteroatoms. The normalized spacial score (nSPS) is 29.7. The summed E-state index contributed by atoms with van der Waals surface area (Å²) in [5, 5.41) is 11.9. The van der Waals surface area contributed by atoms with Gasteiger partial charge in [0.15, 0.2) is 5.79 Å². The Balaban J connectivity index is 1.10. The number of aliphatic hydroxyl groups excluding tert-OH is 1. The van der Waals surface area contributed by atoms with Crippen LogP contribution in [0.25, 0.3) is 6.08 Å². The van der Waals surface area contributed by atoms with Crippen LogP contribution in [0.4, 0.5) is 0 Å². The number of carbonyl (C=O) groups is 5. The largest absolute Gasteiger partial charge is 0.462 e. The molecule has 5 fully saturated rings. The Hall–Kier alpha value is -4.07. The number of benzene rings is 1. The molecule has 7 rings (SSSR count). The highest BCUT2D eigenvalue weighted by atomic mass is 16.8. The van der Waals surface area contributed by atoms with Crippen molar-refractivity contribution in [2.45, 2.75) is 95.0 Å². The minimum Gasteiger partial charge on any atom is -0.462 e. The van der Waals surface area contributed by atoms with Crippen molar-refractivity contribution < 1.29 is 52.8 Å². The van der Waals surface area contributed by atoms with Gasteiger partial charge in [-0.15, -0.1) is 0 Å². The van der Waals surface area contributed by atoms with Crippen LogP contribution < -0.4 is 5.32 Å². The average molecular weight is 693 g/mol. The third-order valence-corrected chi connectivity index (χ3v) is 10.5. The third kappa shape index (κ3) is 6.70. The summed E-state index contributed by atoms with van der Waals surface area (Å²) in [6.07, 6.45) is 6.38. The first kappa shape index (κ1) is 34.4. The van der Waals surface area contributed by atoms with Crippen molar-refractivity contribution in [2.24, 2.45) is 17.3 Å². The molecule has 13 nitrogen and oxygen atoms in total. The maximum Gasteiger partial charge on any atom is 0.348 e. The highest BCUT2D eigenvalue weighted by molar-refractivity contribution is 5.98. The Morgan fingerprint density at radius 3 is 2.46 bits per heavy atom. The molecule has 0 spiro atoms. The molecule has 0 aromatic heterocycles. The zero-order chi connectivity index (χ0) is 35.2. The first-order valence-corrected chi connectivity index (χ1v) is 17.6. The van der Waals surface area contributed by atoms with Gasteiger partial charge in [-0.3, -0.25) is 9.59 Å². The number of likely N-dealkylation sites (tertiary alicyclic amines) is 1. The van der Waals surface area contributed by atoms with Gasteiger partial charge < -0.3 is 39.0 Å². The molecule has 0 bridgehead atoms. The quantitative estimate of drug-likeness (QED) is 0.199. The lowest BCUT2D eigenvalue weighted by atomic mass is 9.90. The molecule has 50 heavy (non-hydrogen) atoms. The molecule has 5 atom stereocenters. The van der Waals surface area contributed by atoms with Gasteiger partial charge in [0.25, 0.3) is 0 Å². The summed E-state index contributed by atoms with van der Waals surface area (Å²) in [7, 11) is 0. The van der Waals surface area contributed by atoms with E-state index in [-0.39, 0.29) is 55.4 Å². The van der Waals surface area contributed by atoms with Crippen molar-refractivity contribution in [2.75, 3.05) is 26.3 Å². The van der Waals surface area contributed by atoms with Gasteiger partial charge in [0.05, 0.1) is 12.2 Å². The second kappa shape index (κ2) is 13.6. The number of nitrogens with one attached hydrogen (secondary N) is 1. The lowest BCUT2D eigenvalue weighted by Crippen LogP contribution is -2.49. The SMILES string of the molecule is CC1(C)COC(=O)C1OC(=O)C=Cc1ccccc1C(=O)OC1CC(C(=O)N2CCCC2C(=O)NCCO)=CC2OC(C3CC3)(C3CC3)OC21. The molecule has 3 saturated heterocycles. The number of esters is 3. The molecule has 0 radical (unpaired) electrons. The molecule has 2 saturated carbocycles. The summed E-state index contributed by atoms with van der Waals surface area (Å²) >= 11 is 0. The van der Waals surface area contributed by atoms with Crippen molar-refractivity contribution in [3.05, 3.63) is 53.1 Å². The van der Waals surface area contributed by atoms with Gasteiger partial charge >= 0.3 is 17.9 Å². The zero-order valence-corrected chi connectivity index (χ0v) is 28.3. The molecule has 6 aliphatic rings.